The number of pyridine rings is 1. The van der Waals surface area contributed by atoms with Crippen molar-refractivity contribution in [3.05, 3.63) is 40.7 Å². The Morgan fingerprint density at radius 1 is 1.21 bits per heavy atom. The third kappa shape index (κ3) is 1.85. The lowest BCUT2D eigenvalue weighted by atomic mass is 10.1. The van der Waals surface area contributed by atoms with Crippen molar-refractivity contribution in [2.75, 3.05) is 0 Å². The highest BCUT2D eigenvalue weighted by Gasteiger charge is 2.03. The molecule has 0 saturated carbocycles. The van der Waals surface area contributed by atoms with Crippen molar-refractivity contribution in [3.8, 4) is 11.3 Å². The summed E-state index contributed by atoms with van der Waals surface area (Å²) in [7, 11) is 0. The average Bonchev–Trinajstić information content (AvgIpc) is 2.71. The second-order valence-electron chi connectivity index (χ2n) is 3.61. The first-order chi connectivity index (χ1) is 6.77. The fraction of sp³-hybridized carbons (Fsp3) is 0.250. The first kappa shape index (κ1) is 9.41. The zero-order chi connectivity index (χ0) is 9.97. The molecule has 0 bridgehead atoms. The van der Waals surface area contributed by atoms with E-state index in [0.29, 0.717) is 5.92 Å². The molecule has 0 radical (unpaired) electrons. The van der Waals surface area contributed by atoms with Gasteiger partial charge in [0.05, 0.1) is 5.69 Å². The minimum Gasteiger partial charge on any atom is -0.253 e. The van der Waals surface area contributed by atoms with Gasteiger partial charge in [-0.1, -0.05) is 19.9 Å². The van der Waals surface area contributed by atoms with Crippen molar-refractivity contribution >= 4 is 11.3 Å². The topological polar surface area (TPSA) is 12.9 Å². The molecule has 2 aromatic heterocycles. The Balaban J connectivity index is 2.41. The molecule has 0 spiro atoms. The van der Waals surface area contributed by atoms with E-state index in [1.807, 2.05) is 0 Å². The molecule has 0 aliphatic rings. The fourth-order valence-corrected chi connectivity index (χ4v) is 1.99. The molecule has 2 heterocycles. The molecular formula is C12H13NS. The zero-order valence-corrected chi connectivity index (χ0v) is 9.21. The highest BCUT2D eigenvalue weighted by Crippen LogP contribution is 2.22. The van der Waals surface area contributed by atoms with Crippen LogP contribution in [0.25, 0.3) is 11.3 Å². The molecular weight excluding hydrogens is 190 g/mol. The van der Waals surface area contributed by atoms with Gasteiger partial charge in [0.2, 0.25) is 0 Å². The van der Waals surface area contributed by atoms with Crippen LogP contribution in [0.2, 0.25) is 0 Å². The van der Waals surface area contributed by atoms with Crippen LogP contribution >= 0.6 is 11.3 Å². The fourth-order valence-electron chi connectivity index (χ4n) is 1.34. The molecule has 0 aliphatic carbocycles. The summed E-state index contributed by atoms with van der Waals surface area (Å²) in [6.07, 6.45) is 0. The summed E-state index contributed by atoms with van der Waals surface area (Å²) in [6, 6.07) is 8.33. The highest BCUT2D eigenvalue weighted by molar-refractivity contribution is 7.08. The van der Waals surface area contributed by atoms with Gasteiger partial charge < -0.3 is 0 Å². The maximum atomic E-state index is 4.62. The lowest BCUT2D eigenvalue weighted by molar-refractivity contribution is 0.824. The zero-order valence-electron chi connectivity index (χ0n) is 8.40. The lowest BCUT2D eigenvalue weighted by Crippen LogP contribution is -1.93. The molecule has 0 unspecified atom stereocenters. The SMILES string of the molecule is CC(C)c1cccc(-c2ccsc2)n1. The number of thiophene rings is 1. The highest BCUT2D eigenvalue weighted by atomic mass is 32.1. The summed E-state index contributed by atoms with van der Waals surface area (Å²) >= 11 is 1.71. The minimum atomic E-state index is 0.494. The van der Waals surface area contributed by atoms with E-state index in [-0.39, 0.29) is 0 Å². The second-order valence-corrected chi connectivity index (χ2v) is 4.39. The van der Waals surface area contributed by atoms with E-state index in [9.17, 15) is 0 Å². The molecule has 0 fully saturated rings. The average molecular weight is 203 g/mol. The Morgan fingerprint density at radius 2 is 2.07 bits per heavy atom. The minimum absolute atomic E-state index is 0.494. The predicted molar refractivity (Wildman–Crippen MR) is 61.6 cm³/mol. The first-order valence-electron chi connectivity index (χ1n) is 4.77. The molecule has 1 nitrogen and oxygen atoms in total. The third-order valence-corrected chi connectivity index (χ3v) is 2.86. The summed E-state index contributed by atoms with van der Waals surface area (Å²) in [6.45, 7) is 4.33. The molecule has 0 saturated heterocycles. The van der Waals surface area contributed by atoms with Crippen LogP contribution in [-0.2, 0) is 0 Å². The predicted octanol–water partition coefficient (Wildman–Crippen LogP) is 3.93. The second kappa shape index (κ2) is 3.93. The van der Waals surface area contributed by atoms with Gasteiger partial charge in [0, 0.05) is 16.6 Å². The third-order valence-electron chi connectivity index (χ3n) is 2.18. The van der Waals surface area contributed by atoms with Crippen LogP contribution in [0.15, 0.2) is 35.0 Å². The van der Waals surface area contributed by atoms with Gasteiger partial charge in [0.1, 0.15) is 0 Å². The Kier molecular flexibility index (Phi) is 2.64. The number of hydrogen-bond acceptors (Lipinski definition) is 2. The Labute approximate surface area is 88.4 Å². The number of nitrogens with zero attached hydrogens (tertiary/aromatic N) is 1. The van der Waals surface area contributed by atoms with Crippen LogP contribution in [-0.4, -0.2) is 4.98 Å². The van der Waals surface area contributed by atoms with Gasteiger partial charge in [-0.25, -0.2) is 0 Å². The van der Waals surface area contributed by atoms with Crippen molar-refractivity contribution < 1.29 is 0 Å². The molecule has 72 valence electrons. The quantitative estimate of drug-likeness (QED) is 0.720. The number of aromatic nitrogens is 1. The normalized spacial score (nSPS) is 10.8. The van der Waals surface area contributed by atoms with Crippen molar-refractivity contribution in [2.45, 2.75) is 19.8 Å². The Morgan fingerprint density at radius 3 is 2.71 bits per heavy atom. The van der Waals surface area contributed by atoms with Gasteiger partial charge in [0.15, 0.2) is 0 Å². The van der Waals surface area contributed by atoms with Crippen LogP contribution in [0.5, 0.6) is 0 Å². The molecule has 0 amide bonds. The van der Waals surface area contributed by atoms with Crippen LogP contribution in [0, 0.1) is 0 Å². The van der Waals surface area contributed by atoms with Gasteiger partial charge in [0.25, 0.3) is 0 Å². The van der Waals surface area contributed by atoms with Gasteiger partial charge in [-0.05, 0) is 29.5 Å². The van der Waals surface area contributed by atoms with Crippen molar-refractivity contribution in [2.24, 2.45) is 0 Å². The summed E-state index contributed by atoms with van der Waals surface area (Å²) in [5.41, 5.74) is 3.46. The smallest absolute Gasteiger partial charge is 0.0713 e. The molecule has 2 aromatic rings. The van der Waals surface area contributed by atoms with Gasteiger partial charge in [-0.2, -0.15) is 11.3 Å². The summed E-state index contributed by atoms with van der Waals surface area (Å²) < 4.78 is 0. The Hall–Kier alpha value is -1.15. The maximum Gasteiger partial charge on any atom is 0.0713 e. The summed E-state index contributed by atoms with van der Waals surface area (Å²) in [5, 5.41) is 4.21. The standard InChI is InChI=1S/C12H13NS/c1-9(2)11-4-3-5-12(13-11)10-6-7-14-8-10/h3-9H,1-2H3. The van der Waals surface area contributed by atoms with Crippen LogP contribution in [0.1, 0.15) is 25.5 Å². The molecule has 2 heteroatoms. The Bertz CT molecular complexity index is 404. The van der Waals surface area contributed by atoms with Crippen molar-refractivity contribution in [3.63, 3.8) is 0 Å². The maximum absolute atomic E-state index is 4.62. The summed E-state index contributed by atoms with van der Waals surface area (Å²) in [5.74, 6) is 0.494. The molecule has 2 rings (SSSR count). The van der Waals surface area contributed by atoms with Gasteiger partial charge in [-0.15, -0.1) is 0 Å². The van der Waals surface area contributed by atoms with E-state index in [2.05, 4.69) is 53.9 Å². The molecule has 0 aromatic carbocycles. The van der Waals surface area contributed by atoms with Crippen LogP contribution < -0.4 is 0 Å². The monoisotopic (exact) mass is 203 g/mol. The molecule has 14 heavy (non-hydrogen) atoms. The van der Waals surface area contributed by atoms with Crippen LogP contribution in [0.4, 0.5) is 0 Å². The van der Waals surface area contributed by atoms with Gasteiger partial charge >= 0.3 is 0 Å². The van der Waals surface area contributed by atoms with E-state index < -0.39 is 0 Å². The number of hydrogen-bond donors (Lipinski definition) is 0. The first-order valence-corrected chi connectivity index (χ1v) is 5.71. The van der Waals surface area contributed by atoms with Gasteiger partial charge in [-0.3, -0.25) is 4.98 Å². The molecule has 0 aliphatic heterocycles. The van der Waals surface area contributed by atoms with E-state index in [0.717, 1.165) is 11.4 Å². The lowest BCUT2D eigenvalue weighted by Gasteiger charge is -2.05. The van der Waals surface area contributed by atoms with E-state index >= 15 is 0 Å². The molecule has 0 N–H and O–H groups in total. The van der Waals surface area contributed by atoms with Crippen LogP contribution in [0.3, 0.4) is 0 Å². The van der Waals surface area contributed by atoms with E-state index in [1.165, 1.54) is 5.56 Å². The molecule has 0 atom stereocenters. The largest absolute Gasteiger partial charge is 0.253 e. The van der Waals surface area contributed by atoms with E-state index in [4.69, 9.17) is 0 Å². The number of rotatable bonds is 2. The van der Waals surface area contributed by atoms with Crippen molar-refractivity contribution in [1.82, 2.24) is 4.98 Å². The van der Waals surface area contributed by atoms with Crippen molar-refractivity contribution in [1.29, 1.82) is 0 Å². The van der Waals surface area contributed by atoms with E-state index in [1.54, 1.807) is 11.3 Å². The summed E-state index contributed by atoms with van der Waals surface area (Å²) in [4.78, 5) is 4.62.